The quantitative estimate of drug-likeness (QED) is 0.770. The number of hydrogen-bond acceptors (Lipinski definition) is 5. The van der Waals surface area contributed by atoms with Crippen molar-refractivity contribution < 1.29 is 22.7 Å². The number of carbonyl (C=O) groups is 2. The summed E-state index contributed by atoms with van der Waals surface area (Å²) in [6.45, 7) is 3.14. The van der Waals surface area contributed by atoms with E-state index in [9.17, 15) is 18.0 Å². The van der Waals surface area contributed by atoms with Gasteiger partial charge < -0.3 is 15.4 Å². The molecule has 2 aromatic rings. The summed E-state index contributed by atoms with van der Waals surface area (Å²) in [7, 11) is -3.77. The van der Waals surface area contributed by atoms with E-state index in [1.54, 1.807) is 18.2 Å². The Bertz CT molecular complexity index is 1050. The first kappa shape index (κ1) is 20.2. The summed E-state index contributed by atoms with van der Waals surface area (Å²) >= 11 is 6.04. The molecule has 1 unspecified atom stereocenters. The average molecular weight is 423 g/mol. The molecule has 1 aliphatic rings. The average Bonchev–Trinajstić information content (AvgIpc) is 2.64. The second-order valence-corrected chi connectivity index (χ2v) is 9.34. The number of hydrogen-bond donors (Lipinski definition) is 2. The molecule has 0 saturated carbocycles. The number of sulfone groups is 1. The van der Waals surface area contributed by atoms with Crippen molar-refractivity contribution in [2.24, 2.45) is 0 Å². The molecule has 2 aromatic carbocycles. The van der Waals surface area contributed by atoms with E-state index in [0.29, 0.717) is 16.4 Å². The van der Waals surface area contributed by atoms with Crippen molar-refractivity contribution >= 4 is 44.6 Å². The second kappa shape index (κ2) is 7.81. The Labute approximate surface area is 168 Å². The fraction of sp³-hybridized carbons (Fsp3) is 0.263. The number of rotatable bonds is 5. The molecule has 0 aliphatic carbocycles. The Morgan fingerprint density at radius 3 is 2.75 bits per heavy atom. The molecule has 0 fully saturated rings. The molecule has 1 atom stereocenters. The summed E-state index contributed by atoms with van der Waals surface area (Å²) in [5.41, 5.74) is 1.79. The van der Waals surface area contributed by atoms with Crippen LogP contribution in [0.15, 0.2) is 41.3 Å². The minimum absolute atomic E-state index is 0.0288. The van der Waals surface area contributed by atoms with Gasteiger partial charge in [-0.15, -0.1) is 0 Å². The number of benzene rings is 2. The highest BCUT2D eigenvalue weighted by molar-refractivity contribution is 7.92. The lowest BCUT2D eigenvalue weighted by Gasteiger charge is -2.19. The van der Waals surface area contributed by atoms with Crippen LogP contribution in [0, 0.1) is 6.92 Å². The van der Waals surface area contributed by atoms with Crippen LogP contribution in [0.5, 0.6) is 5.75 Å². The number of fused-ring (bicyclic) bond motifs is 1. The first-order valence-electron chi connectivity index (χ1n) is 8.53. The van der Waals surface area contributed by atoms with Crippen LogP contribution < -0.4 is 15.4 Å². The van der Waals surface area contributed by atoms with Crippen LogP contribution in [0.25, 0.3) is 0 Å². The highest BCUT2D eigenvalue weighted by atomic mass is 35.5. The molecule has 7 nitrogen and oxygen atoms in total. The normalized spacial score (nSPS) is 14.5. The third kappa shape index (κ3) is 4.28. The molecule has 1 heterocycles. The minimum Gasteiger partial charge on any atom is -0.482 e. The molecule has 2 amide bonds. The lowest BCUT2D eigenvalue weighted by Crippen LogP contribution is -2.27. The first-order valence-corrected chi connectivity index (χ1v) is 10.5. The highest BCUT2D eigenvalue weighted by Crippen LogP contribution is 2.32. The summed E-state index contributed by atoms with van der Waals surface area (Å²) in [4.78, 5) is 23.6. The van der Waals surface area contributed by atoms with Crippen molar-refractivity contribution in [2.45, 2.75) is 30.4 Å². The summed E-state index contributed by atoms with van der Waals surface area (Å²) in [6, 6.07) is 9.30. The summed E-state index contributed by atoms with van der Waals surface area (Å²) in [6.07, 6.45) is -0.220. The van der Waals surface area contributed by atoms with E-state index in [2.05, 4.69) is 10.6 Å². The number of anilines is 2. The van der Waals surface area contributed by atoms with Gasteiger partial charge >= 0.3 is 0 Å². The van der Waals surface area contributed by atoms with E-state index in [4.69, 9.17) is 16.3 Å². The second-order valence-electron chi connectivity index (χ2n) is 6.57. The van der Waals surface area contributed by atoms with Crippen LogP contribution in [-0.2, 0) is 19.4 Å². The van der Waals surface area contributed by atoms with Gasteiger partial charge in [0.05, 0.1) is 15.8 Å². The first-order chi connectivity index (χ1) is 13.2. The van der Waals surface area contributed by atoms with Gasteiger partial charge in [-0.25, -0.2) is 8.42 Å². The van der Waals surface area contributed by atoms with Gasteiger partial charge in [-0.2, -0.15) is 0 Å². The number of carbonyl (C=O) groups excluding carboxylic acids is 2. The predicted octanol–water partition coefficient (Wildman–Crippen LogP) is 3.17. The molecule has 0 radical (unpaired) electrons. The zero-order valence-electron chi connectivity index (χ0n) is 15.3. The van der Waals surface area contributed by atoms with E-state index in [0.717, 1.165) is 5.56 Å². The Morgan fingerprint density at radius 2 is 2.04 bits per heavy atom. The van der Waals surface area contributed by atoms with Crippen LogP contribution in [0.1, 0.15) is 18.9 Å². The minimum atomic E-state index is -3.77. The van der Waals surface area contributed by atoms with Crippen molar-refractivity contribution in [3.8, 4) is 5.75 Å². The van der Waals surface area contributed by atoms with Gasteiger partial charge in [-0.05, 0) is 43.7 Å². The van der Waals surface area contributed by atoms with Gasteiger partial charge in [0, 0.05) is 23.2 Å². The number of aryl methyl sites for hydroxylation is 1. The van der Waals surface area contributed by atoms with Crippen LogP contribution in [0.2, 0.25) is 5.02 Å². The summed E-state index contributed by atoms with van der Waals surface area (Å²) in [5, 5.41) is 4.82. The van der Waals surface area contributed by atoms with Crippen LogP contribution in [0.3, 0.4) is 0 Å². The van der Waals surface area contributed by atoms with E-state index < -0.39 is 21.0 Å². The maximum Gasteiger partial charge on any atom is 0.262 e. The third-order valence-electron chi connectivity index (χ3n) is 4.37. The molecule has 9 heteroatoms. The monoisotopic (exact) mass is 422 g/mol. The van der Waals surface area contributed by atoms with Crippen molar-refractivity contribution in [1.82, 2.24) is 0 Å². The van der Waals surface area contributed by atoms with E-state index in [1.165, 1.54) is 25.1 Å². The van der Waals surface area contributed by atoms with Crippen LogP contribution in [0.4, 0.5) is 11.4 Å². The molecule has 28 heavy (non-hydrogen) atoms. The largest absolute Gasteiger partial charge is 0.482 e. The van der Waals surface area contributed by atoms with Crippen LogP contribution >= 0.6 is 11.6 Å². The summed E-state index contributed by atoms with van der Waals surface area (Å²) in [5.74, 6) is -0.451. The Hall–Kier alpha value is -2.58. The molecular weight excluding hydrogens is 404 g/mol. The lowest BCUT2D eigenvalue weighted by molar-refractivity contribution is -0.118. The van der Waals surface area contributed by atoms with Crippen molar-refractivity contribution in [2.75, 3.05) is 17.2 Å². The van der Waals surface area contributed by atoms with E-state index >= 15 is 0 Å². The van der Waals surface area contributed by atoms with Gasteiger partial charge in [0.1, 0.15) is 5.75 Å². The van der Waals surface area contributed by atoms with Crippen molar-refractivity contribution in [3.63, 3.8) is 0 Å². The van der Waals surface area contributed by atoms with Gasteiger partial charge in [0.15, 0.2) is 16.4 Å². The predicted molar refractivity (Wildman–Crippen MR) is 107 cm³/mol. The molecule has 0 aromatic heterocycles. The van der Waals surface area contributed by atoms with E-state index in [1.807, 2.05) is 6.92 Å². The third-order valence-corrected chi connectivity index (χ3v) is 6.92. The standard InChI is InChI=1S/C19H19ClN2O5S/c1-11-3-4-13(8-15(11)20)21-18(23)7-12(2)28(25,26)14-5-6-16-17(9-14)27-10-19(24)22-16/h3-6,8-9,12H,7,10H2,1-2H3,(H,21,23)(H,22,24). The fourth-order valence-electron chi connectivity index (χ4n) is 2.72. The Kier molecular flexibility index (Phi) is 5.62. The van der Waals surface area contributed by atoms with Crippen LogP contribution in [-0.4, -0.2) is 32.1 Å². The maximum absolute atomic E-state index is 12.8. The topological polar surface area (TPSA) is 102 Å². The van der Waals surface area contributed by atoms with Gasteiger partial charge in [0.25, 0.3) is 5.91 Å². The zero-order chi connectivity index (χ0) is 20.5. The number of amides is 2. The van der Waals surface area contributed by atoms with Crippen molar-refractivity contribution in [1.29, 1.82) is 0 Å². The van der Waals surface area contributed by atoms with Crippen molar-refractivity contribution in [3.05, 3.63) is 47.0 Å². The lowest BCUT2D eigenvalue weighted by atomic mass is 10.2. The Morgan fingerprint density at radius 1 is 1.29 bits per heavy atom. The molecular formula is C19H19ClN2O5S. The smallest absolute Gasteiger partial charge is 0.262 e. The Balaban J connectivity index is 1.72. The maximum atomic E-state index is 12.8. The molecule has 2 N–H and O–H groups in total. The molecule has 148 valence electrons. The van der Waals surface area contributed by atoms with Gasteiger partial charge in [-0.3, -0.25) is 9.59 Å². The number of nitrogens with one attached hydrogen (secondary N) is 2. The van der Waals surface area contributed by atoms with E-state index in [-0.39, 0.29) is 29.6 Å². The van der Waals surface area contributed by atoms with Gasteiger partial charge in [0.2, 0.25) is 5.91 Å². The molecule has 1 aliphatic heterocycles. The summed E-state index contributed by atoms with van der Waals surface area (Å²) < 4.78 is 30.9. The van der Waals surface area contributed by atoms with Gasteiger partial charge in [-0.1, -0.05) is 17.7 Å². The zero-order valence-corrected chi connectivity index (χ0v) is 16.9. The number of halogens is 1. The molecule has 0 saturated heterocycles. The SMILES string of the molecule is Cc1ccc(NC(=O)CC(C)S(=O)(=O)c2ccc3c(c2)OCC(=O)N3)cc1Cl. The number of ether oxygens (including phenoxy) is 1. The molecule has 0 bridgehead atoms. The molecule has 0 spiro atoms. The highest BCUT2D eigenvalue weighted by Gasteiger charge is 2.28. The molecule has 3 rings (SSSR count). The fourth-order valence-corrected chi connectivity index (χ4v) is 4.26.